The summed E-state index contributed by atoms with van der Waals surface area (Å²) in [6, 6.07) is 14.9. The predicted molar refractivity (Wildman–Crippen MR) is 104 cm³/mol. The lowest BCUT2D eigenvalue weighted by atomic mass is 10.2. The molecule has 1 heterocycles. The van der Waals surface area contributed by atoms with E-state index < -0.39 is 0 Å². The van der Waals surface area contributed by atoms with Crippen LogP contribution in [0, 0.1) is 0 Å². The average Bonchev–Trinajstić information content (AvgIpc) is 3.02. The molecule has 0 aliphatic rings. The van der Waals surface area contributed by atoms with Gasteiger partial charge in [0.05, 0.1) is 18.7 Å². The summed E-state index contributed by atoms with van der Waals surface area (Å²) < 4.78 is 6.03. The number of amides is 2. The van der Waals surface area contributed by atoms with Crippen LogP contribution in [0.25, 0.3) is 10.1 Å². The molecule has 2 amide bonds. The predicted octanol–water partition coefficient (Wildman–Crippen LogP) is 3.61. The number of rotatable bonds is 6. The highest BCUT2D eigenvalue weighted by Crippen LogP contribution is 2.34. The van der Waals surface area contributed by atoms with Crippen LogP contribution in [-0.4, -0.2) is 25.5 Å². The SMILES string of the molecule is COc1ccc(CNC(=O)CNC(=O)c2sc3ccccc3c2Cl)cc1. The molecule has 0 radical (unpaired) electrons. The summed E-state index contributed by atoms with van der Waals surface area (Å²) in [5, 5.41) is 6.63. The Balaban J connectivity index is 1.53. The third-order valence-corrected chi connectivity index (χ3v) is 5.47. The van der Waals surface area contributed by atoms with Crippen LogP contribution in [0.15, 0.2) is 48.5 Å². The van der Waals surface area contributed by atoms with Crippen molar-refractivity contribution in [1.29, 1.82) is 0 Å². The molecule has 3 rings (SSSR count). The van der Waals surface area contributed by atoms with Crippen molar-refractivity contribution < 1.29 is 14.3 Å². The number of methoxy groups -OCH3 is 1. The molecular formula is C19H17ClN2O3S. The van der Waals surface area contributed by atoms with Crippen molar-refractivity contribution in [3.05, 3.63) is 64.0 Å². The molecule has 0 atom stereocenters. The van der Waals surface area contributed by atoms with Gasteiger partial charge in [0.25, 0.3) is 5.91 Å². The van der Waals surface area contributed by atoms with Gasteiger partial charge in [-0.1, -0.05) is 41.9 Å². The summed E-state index contributed by atoms with van der Waals surface area (Å²) >= 11 is 7.58. The van der Waals surface area contributed by atoms with Crippen LogP contribution < -0.4 is 15.4 Å². The minimum Gasteiger partial charge on any atom is -0.497 e. The van der Waals surface area contributed by atoms with Gasteiger partial charge in [-0.2, -0.15) is 0 Å². The zero-order valence-corrected chi connectivity index (χ0v) is 15.6. The molecular weight excluding hydrogens is 372 g/mol. The highest BCUT2D eigenvalue weighted by Gasteiger charge is 2.17. The Morgan fingerprint density at radius 3 is 2.50 bits per heavy atom. The van der Waals surface area contributed by atoms with Crippen LogP contribution in [0.5, 0.6) is 5.75 Å². The lowest BCUT2D eigenvalue weighted by molar-refractivity contribution is -0.120. The number of fused-ring (bicyclic) bond motifs is 1. The highest BCUT2D eigenvalue weighted by atomic mass is 35.5. The molecule has 0 saturated carbocycles. The average molecular weight is 389 g/mol. The maximum absolute atomic E-state index is 12.3. The standard InChI is InChI=1S/C19H17ClN2O3S/c1-25-13-8-6-12(7-9-13)10-21-16(23)11-22-19(24)18-17(20)14-4-2-3-5-15(14)26-18/h2-9H,10-11H2,1H3,(H,21,23)(H,22,24). The first-order chi connectivity index (χ1) is 12.6. The number of carbonyl (C=O) groups is 2. The molecule has 2 aromatic carbocycles. The largest absolute Gasteiger partial charge is 0.497 e. The van der Waals surface area contributed by atoms with E-state index in [1.165, 1.54) is 11.3 Å². The monoisotopic (exact) mass is 388 g/mol. The molecule has 26 heavy (non-hydrogen) atoms. The van der Waals surface area contributed by atoms with Crippen LogP contribution in [0.4, 0.5) is 0 Å². The van der Waals surface area contributed by atoms with E-state index >= 15 is 0 Å². The van der Waals surface area contributed by atoms with Crippen LogP contribution in [0.3, 0.4) is 0 Å². The summed E-state index contributed by atoms with van der Waals surface area (Å²) in [6.07, 6.45) is 0. The van der Waals surface area contributed by atoms with Crippen molar-refractivity contribution in [2.75, 3.05) is 13.7 Å². The fraction of sp³-hybridized carbons (Fsp3) is 0.158. The topological polar surface area (TPSA) is 67.4 Å². The van der Waals surface area contributed by atoms with Gasteiger partial charge in [0.2, 0.25) is 5.91 Å². The van der Waals surface area contributed by atoms with Gasteiger partial charge in [0, 0.05) is 16.6 Å². The van der Waals surface area contributed by atoms with E-state index in [1.54, 1.807) is 7.11 Å². The number of ether oxygens (including phenoxy) is 1. The van der Waals surface area contributed by atoms with Gasteiger partial charge in [-0.15, -0.1) is 11.3 Å². The van der Waals surface area contributed by atoms with Gasteiger partial charge in [-0.3, -0.25) is 9.59 Å². The van der Waals surface area contributed by atoms with E-state index in [0.717, 1.165) is 21.4 Å². The Hall–Kier alpha value is -2.57. The van der Waals surface area contributed by atoms with E-state index in [9.17, 15) is 9.59 Å². The molecule has 0 unspecified atom stereocenters. The zero-order chi connectivity index (χ0) is 18.5. The molecule has 7 heteroatoms. The maximum Gasteiger partial charge on any atom is 0.263 e. The molecule has 0 aliphatic carbocycles. The van der Waals surface area contributed by atoms with Crippen LogP contribution in [0.1, 0.15) is 15.2 Å². The summed E-state index contributed by atoms with van der Waals surface area (Å²) in [5.74, 6) is 0.134. The van der Waals surface area contributed by atoms with E-state index in [4.69, 9.17) is 16.3 Å². The lowest BCUT2D eigenvalue weighted by Gasteiger charge is -2.07. The number of benzene rings is 2. The highest BCUT2D eigenvalue weighted by molar-refractivity contribution is 7.21. The number of halogens is 1. The Morgan fingerprint density at radius 2 is 1.81 bits per heavy atom. The zero-order valence-electron chi connectivity index (χ0n) is 14.0. The van der Waals surface area contributed by atoms with Gasteiger partial charge in [0.1, 0.15) is 10.6 Å². The van der Waals surface area contributed by atoms with E-state index in [0.29, 0.717) is 16.4 Å². The van der Waals surface area contributed by atoms with Gasteiger partial charge >= 0.3 is 0 Å². The number of nitrogens with one attached hydrogen (secondary N) is 2. The fourth-order valence-corrected chi connectivity index (χ4v) is 3.84. The van der Waals surface area contributed by atoms with E-state index in [2.05, 4.69) is 10.6 Å². The van der Waals surface area contributed by atoms with Crippen molar-refractivity contribution in [2.24, 2.45) is 0 Å². The second kappa shape index (κ2) is 8.21. The molecule has 5 nitrogen and oxygen atoms in total. The van der Waals surface area contributed by atoms with E-state index in [-0.39, 0.29) is 18.4 Å². The molecule has 0 bridgehead atoms. The first kappa shape index (κ1) is 18.2. The lowest BCUT2D eigenvalue weighted by Crippen LogP contribution is -2.36. The molecule has 0 saturated heterocycles. The smallest absolute Gasteiger partial charge is 0.263 e. The molecule has 0 aliphatic heterocycles. The Morgan fingerprint density at radius 1 is 1.08 bits per heavy atom. The molecule has 134 valence electrons. The molecule has 0 spiro atoms. The van der Waals surface area contributed by atoms with Gasteiger partial charge < -0.3 is 15.4 Å². The van der Waals surface area contributed by atoms with Gasteiger partial charge in [-0.05, 0) is 23.8 Å². The number of hydrogen-bond donors (Lipinski definition) is 2. The maximum atomic E-state index is 12.3. The molecule has 2 N–H and O–H groups in total. The third-order valence-electron chi connectivity index (χ3n) is 3.80. The second-order valence-electron chi connectivity index (χ2n) is 5.55. The molecule has 1 aromatic heterocycles. The summed E-state index contributed by atoms with van der Waals surface area (Å²) in [5.41, 5.74) is 0.943. The summed E-state index contributed by atoms with van der Waals surface area (Å²) in [7, 11) is 1.60. The quantitative estimate of drug-likeness (QED) is 0.677. The van der Waals surface area contributed by atoms with Crippen molar-refractivity contribution in [3.8, 4) is 5.75 Å². The normalized spacial score (nSPS) is 10.5. The van der Waals surface area contributed by atoms with Gasteiger partial charge in [-0.25, -0.2) is 0 Å². The van der Waals surface area contributed by atoms with Crippen LogP contribution >= 0.6 is 22.9 Å². The first-order valence-corrected chi connectivity index (χ1v) is 9.13. The minimum absolute atomic E-state index is 0.112. The Kier molecular flexibility index (Phi) is 5.75. The van der Waals surface area contributed by atoms with Gasteiger partial charge in [0.15, 0.2) is 0 Å². The number of hydrogen-bond acceptors (Lipinski definition) is 4. The molecule has 3 aromatic rings. The summed E-state index contributed by atoms with van der Waals surface area (Å²) in [4.78, 5) is 24.7. The summed E-state index contributed by atoms with van der Waals surface area (Å²) in [6.45, 7) is 0.266. The third kappa shape index (κ3) is 4.15. The Bertz CT molecular complexity index is 938. The van der Waals surface area contributed by atoms with Crippen molar-refractivity contribution >= 4 is 44.8 Å². The number of carbonyl (C=O) groups excluding carboxylic acids is 2. The Labute approximate surface area is 159 Å². The second-order valence-corrected chi connectivity index (χ2v) is 6.98. The minimum atomic E-state index is -0.351. The number of thiophene rings is 1. The van der Waals surface area contributed by atoms with Crippen molar-refractivity contribution in [3.63, 3.8) is 0 Å². The van der Waals surface area contributed by atoms with E-state index in [1.807, 2.05) is 48.5 Å². The van der Waals surface area contributed by atoms with Crippen molar-refractivity contribution in [2.45, 2.75) is 6.54 Å². The molecule has 0 fully saturated rings. The fourth-order valence-electron chi connectivity index (χ4n) is 2.41. The van der Waals surface area contributed by atoms with Crippen LogP contribution in [0.2, 0.25) is 5.02 Å². The van der Waals surface area contributed by atoms with Crippen LogP contribution in [-0.2, 0) is 11.3 Å². The van der Waals surface area contributed by atoms with Crippen molar-refractivity contribution in [1.82, 2.24) is 10.6 Å². The first-order valence-electron chi connectivity index (χ1n) is 7.93.